The van der Waals surface area contributed by atoms with Gasteiger partial charge in [0, 0.05) is 25.7 Å². The minimum Gasteiger partial charge on any atom is -0.366 e. The highest BCUT2D eigenvalue weighted by Crippen LogP contribution is 2.18. The summed E-state index contributed by atoms with van der Waals surface area (Å²) in [4.78, 5) is 13.9. The van der Waals surface area contributed by atoms with Crippen molar-refractivity contribution in [1.82, 2.24) is 10.2 Å². The Morgan fingerprint density at radius 3 is 2.73 bits per heavy atom. The SMILES string of the molecule is CCC(C)(C)N(C)C(=O)C1CNCCO1. The molecule has 1 unspecified atom stereocenters. The van der Waals surface area contributed by atoms with E-state index in [0.29, 0.717) is 13.2 Å². The van der Waals surface area contributed by atoms with Crippen molar-refractivity contribution in [1.29, 1.82) is 0 Å². The molecule has 1 amide bonds. The predicted molar refractivity (Wildman–Crippen MR) is 59.7 cm³/mol. The smallest absolute Gasteiger partial charge is 0.253 e. The molecule has 0 saturated carbocycles. The lowest BCUT2D eigenvalue weighted by Crippen LogP contribution is -2.54. The van der Waals surface area contributed by atoms with Crippen LogP contribution in [0.15, 0.2) is 0 Å². The maximum atomic E-state index is 12.1. The van der Waals surface area contributed by atoms with Gasteiger partial charge in [-0.3, -0.25) is 4.79 Å². The lowest BCUT2D eigenvalue weighted by atomic mass is 9.99. The van der Waals surface area contributed by atoms with E-state index >= 15 is 0 Å². The van der Waals surface area contributed by atoms with Crippen LogP contribution in [0, 0.1) is 0 Å². The van der Waals surface area contributed by atoms with E-state index in [9.17, 15) is 4.79 Å². The van der Waals surface area contributed by atoms with Crippen LogP contribution >= 0.6 is 0 Å². The quantitative estimate of drug-likeness (QED) is 0.749. The molecule has 15 heavy (non-hydrogen) atoms. The van der Waals surface area contributed by atoms with Crippen LogP contribution in [-0.2, 0) is 9.53 Å². The largest absolute Gasteiger partial charge is 0.366 e. The van der Waals surface area contributed by atoms with Gasteiger partial charge in [0.2, 0.25) is 0 Å². The molecule has 0 aliphatic carbocycles. The summed E-state index contributed by atoms with van der Waals surface area (Å²) in [6.07, 6.45) is 0.629. The predicted octanol–water partition coefficient (Wildman–Crippen LogP) is 0.622. The zero-order valence-corrected chi connectivity index (χ0v) is 10.2. The Labute approximate surface area is 92.0 Å². The molecule has 1 atom stereocenters. The van der Waals surface area contributed by atoms with Crippen molar-refractivity contribution >= 4 is 5.91 Å². The molecular formula is C11H22N2O2. The lowest BCUT2D eigenvalue weighted by Gasteiger charge is -2.37. The van der Waals surface area contributed by atoms with E-state index in [1.165, 1.54) is 0 Å². The molecule has 1 aliphatic heterocycles. The second-order valence-electron chi connectivity index (χ2n) is 4.63. The third-order valence-corrected chi connectivity index (χ3v) is 3.31. The first-order valence-electron chi connectivity index (χ1n) is 5.59. The number of nitrogens with one attached hydrogen (secondary N) is 1. The summed E-state index contributed by atoms with van der Waals surface area (Å²) in [6.45, 7) is 8.32. The van der Waals surface area contributed by atoms with Crippen molar-refractivity contribution in [3.8, 4) is 0 Å². The Hall–Kier alpha value is -0.610. The average molecular weight is 214 g/mol. The fraction of sp³-hybridized carbons (Fsp3) is 0.909. The Morgan fingerprint density at radius 1 is 1.60 bits per heavy atom. The Balaban J connectivity index is 2.58. The number of amides is 1. The van der Waals surface area contributed by atoms with Gasteiger partial charge in [-0.15, -0.1) is 0 Å². The molecule has 0 bridgehead atoms. The summed E-state index contributed by atoms with van der Waals surface area (Å²) >= 11 is 0. The van der Waals surface area contributed by atoms with Crippen LogP contribution in [0.3, 0.4) is 0 Å². The average Bonchev–Trinajstić information content (AvgIpc) is 2.28. The number of hydrogen-bond acceptors (Lipinski definition) is 3. The molecule has 1 heterocycles. The number of carbonyl (C=O) groups is 1. The molecule has 0 spiro atoms. The van der Waals surface area contributed by atoms with Crippen LogP contribution in [0.4, 0.5) is 0 Å². The van der Waals surface area contributed by atoms with Gasteiger partial charge in [-0.25, -0.2) is 0 Å². The van der Waals surface area contributed by atoms with Gasteiger partial charge in [-0.2, -0.15) is 0 Å². The molecule has 1 aliphatic rings. The van der Waals surface area contributed by atoms with E-state index < -0.39 is 0 Å². The summed E-state index contributed by atoms with van der Waals surface area (Å²) in [6, 6.07) is 0. The van der Waals surface area contributed by atoms with Crippen molar-refractivity contribution in [2.75, 3.05) is 26.7 Å². The third kappa shape index (κ3) is 2.92. The van der Waals surface area contributed by atoms with Crippen LogP contribution in [-0.4, -0.2) is 49.2 Å². The molecule has 0 aromatic heterocycles. The topological polar surface area (TPSA) is 41.6 Å². The summed E-state index contributed by atoms with van der Waals surface area (Å²) in [7, 11) is 1.85. The fourth-order valence-electron chi connectivity index (χ4n) is 1.48. The highest BCUT2D eigenvalue weighted by molar-refractivity contribution is 5.81. The summed E-state index contributed by atoms with van der Waals surface area (Å²) in [5, 5.41) is 3.17. The molecule has 4 nitrogen and oxygen atoms in total. The van der Waals surface area contributed by atoms with E-state index in [2.05, 4.69) is 26.1 Å². The van der Waals surface area contributed by atoms with Crippen LogP contribution in [0.5, 0.6) is 0 Å². The second-order valence-corrected chi connectivity index (χ2v) is 4.63. The van der Waals surface area contributed by atoms with Crippen molar-refractivity contribution in [2.45, 2.75) is 38.8 Å². The van der Waals surface area contributed by atoms with Crippen LogP contribution in [0.2, 0.25) is 0 Å². The Morgan fingerprint density at radius 2 is 2.27 bits per heavy atom. The molecule has 1 fully saturated rings. The summed E-state index contributed by atoms with van der Waals surface area (Å²) in [5.41, 5.74) is -0.0993. The number of rotatable bonds is 3. The van der Waals surface area contributed by atoms with E-state index in [0.717, 1.165) is 13.0 Å². The first-order chi connectivity index (χ1) is 6.99. The van der Waals surface area contributed by atoms with Gasteiger partial charge < -0.3 is 15.0 Å². The standard InChI is InChI=1S/C11H22N2O2/c1-5-11(2,3)13(4)10(14)9-8-12-6-7-15-9/h9,12H,5-8H2,1-4H3. The highest BCUT2D eigenvalue weighted by Gasteiger charge is 2.32. The molecular weight excluding hydrogens is 192 g/mol. The van der Waals surface area contributed by atoms with E-state index in [-0.39, 0.29) is 17.6 Å². The second kappa shape index (κ2) is 4.94. The van der Waals surface area contributed by atoms with Crippen molar-refractivity contribution in [2.24, 2.45) is 0 Å². The monoisotopic (exact) mass is 214 g/mol. The molecule has 0 aromatic rings. The Bertz CT molecular complexity index is 223. The van der Waals surface area contributed by atoms with Gasteiger partial charge in [0.25, 0.3) is 5.91 Å². The molecule has 1 N–H and O–H groups in total. The number of likely N-dealkylation sites (N-methyl/N-ethyl adjacent to an activating group) is 1. The minimum atomic E-state index is -0.311. The van der Waals surface area contributed by atoms with Gasteiger partial charge in [0.1, 0.15) is 6.10 Å². The van der Waals surface area contributed by atoms with E-state index in [1.807, 2.05) is 7.05 Å². The normalized spacial score (nSPS) is 22.5. The fourth-order valence-corrected chi connectivity index (χ4v) is 1.48. The Kier molecular flexibility index (Phi) is 4.11. The maximum Gasteiger partial charge on any atom is 0.253 e. The van der Waals surface area contributed by atoms with Crippen molar-refractivity contribution in [3.05, 3.63) is 0 Å². The molecule has 88 valence electrons. The first-order valence-corrected chi connectivity index (χ1v) is 5.59. The number of hydrogen-bond donors (Lipinski definition) is 1. The zero-order valence-electron chi connectivity index (χ0n) is 10.2. The molecule has 4 heteroatoms. The first kappa shape index (κ1) is 12.5. The van der Waals surface area contributed by atoms with Gasteiger partial charge in [0.15, 0.2) is 0 Å². The number of morpholine rings is 1. The van der Waals surface area contributed by atoms with Gasteiger partial charge in [-0.05, 0) is 20.3 Å². The lowest BCUT2D eigenvalue weighted by molar-refractivity contribution is -0.148. The van der Waals surface area contributed by atoms with Crippen LogP contribution in [0.25, 0.3) is 0 Å². The highest BCUT2D eigenvalue weighted by atomic mass is 16.5. The van der Waals surface area contributed by atoms with Gasteiger partial charge >= 0.3 is 0 Å². The van der Waals surface area contributed by atoms with E-state index in [4.69, 9.17) is 4.74 Å². The van der Waals surface area contributed by atoms with Crippen molar-refractivity contribution < 1.29 is 9.53 Å². The van der Waals surface area contributed by atoms with Gasteiger partial charge in [0.05, 0.1) is 6.61 Å². The minimum absolute atomic E-state index is 0.0778. The zero-order chi connectivity index (χ0) is 11.5. The maximum absolute atomic E-state index is 12.1. The molecule has 0 aromatic carbocycles. The number of carbonyl (C=O) groups excluding carboxylic acids is 1. The number of ether oxygens (including phenoxy) is 1. The molecule has 0 radical (unpaired) electrons. The van der Waals surface area contributed by atoms with Crippen molar-refractivity contribution in [3.63, 3.8) is 0 Å². The summed E-state index contributed by atoms with van der Waals surface area (Å²) in [5.74, 6) is 0.0778. The molecule has 1 rings (SSSR count). The van der Waals surface area contributed by atoms with Gasteiger partial charge in [-0.1, -0.05) is 6.92 Å². The van der Waals surface area contributed by atoms with Crippen LogP contribution < -0.4 is 5.32 Å². The van der Waals surface area contributed by atoms with Crippen LogP contribution in [0.1, 0.15) is 27.2 Å². The third-order valence-electron chi connectivity index (χ3n) is 3.31. The van der Waals surface area contributed by atoms with E-state index in [1.54, 1.807) is 4.90 Å². The number of nitrogens with zero attached hydrogens (tertiary/aromatic N) is 1. The summed E-state index contributed by atoms with van der Waals surface area (Å²) < 4.78 is 5.45. The molecule has 1 saturated heterocycles.